The fourth-order valence-corrected chi connectivity index (χ4v) is 2.99. The Balaban J connectivity index is 1.97. The highest BCUT2D eigenvalue weighted by atomic mass is 16.5. The van der Waals surface area contributed by atoms with Gasteiger partial charge in [0.15, 0.2) is 17.0 Å². The number of rotatable bonds is 6. The maximum Gasteiger partial charge on any atom is 0.349 e. The highest BCUT2D eigenvalue weighted by Crippen LogP contribution is 2.20. The molecular formula is C16H26N6O2. The van der Waals surface area contributed by atoms with Gasteiger partial charge >= 0.3 is 5.69 Å². The minimum absolute atomic E-state index is 0.132. The number of anilines is 1. The quantitative estimate of drug-likeness (QED) is 0.823. The molecule has 0 spiro atoms. The molecule has 0 saturated carbocycles. The van der Waals surface area contributed by atoms with Gasteiger partial charge in [0.2, 0.25) is 0 Å². The van der Waals surface area contributed by atoms with E-state index in [1.807, 2.05) is 0 Å². The SMILES string of the molecule is CC[C@@H](C)CNn1c(=O)n(CC2CCOCC2)c2ncnc(N)c21. The predicted molar refractivity (Wildman–Crippen MR) is 93.4 cm³/mol. The van der Waals surface area contributed by atoms with Crippen LogP contribution < -0.4 is 16.8 Å². The van der Waals surface area contributed by atoms with Gasteiger partial charge in [0.25, 0.3) is 0 Å². The predicted octanol–water partition coefficient (Wildman–Crippen LogP) is 1.19. The molecule has 1 fully saturated rings. The number of ether oxygens (including phenoxy) is 1. The van der Waals surface area contributed by atoms with E-state index in [4.69, 9.17) is 10.5 Å². The third-order valence-corrected chi connectivity index (χ3v) is 4.81. The summed E-state index contributed by atoms with van der Waals surface area (Å²) in [7, 11) is 0. The van der Waals surface area contributed by atoms with Crippen molar-refractivity contribution in [1.29, 1.82) is 0 Å². The van der Waals surface area contributed by atoms with Crippen LogP contribution in [0, 0.1) is 11.8 Å². The van der Waals surface area contributed by atoms with Crippen molar-refractivity contribution in [3.05, 3.63) is 16.8 Å². The molecule has 0 bridgehead atoms. The first kappa shape index (κ1) is 16.8. The molecule has 1 aliphatic rings. The van der Waals surface area contributed by atoms with Gasteiger partial charge in [0.05, 0.1) is 0 Å². The van der Waals surface area contributed by atoms with Crippen LogP contribution >= 0.6 is 0 Å². The summed E-state index contributed by atoms with van der Waals surface area (Å²) < 4.78 is 8.63. The van der Waals surface area contributed by atoms with Gasteiger partial charge < -0.3 is 15.9 Å². The van der Waals surface area contributed by atoms with Gasteiger partial charge in [-0.1, -0.05) is 20.3 Å². The van der Waals surface area contributed by atoms with Crippen molar-refractivity contribution in [2.24, 2.45) is 11.8 Å². The Morgan fingerprint density at radius 2 is 2.17 bits per heavy atom. The Morgan fingerprint density at radius 3 is 2.88 bits per heavy atom. The first-order valence-corrected chi connectivity index (χ1v) is 8.65. The van der Waals surface area contributed by atoms with Gasteiger partial charge in [0, 0.05) is 26.3 Å². The van der Waals surface area contributed by atoms with Gasteiger partial charge in [-0.2, -0.15) is 0 Å². The van der Waals surface area contributed by atoms with Crippen LogP contribution in [0.5, 0.6) is 0 Å². The van der Waals surface area contributed by atoms with E-state index in [1.54, 1.807) is 4.57 Å². The number of hydrogen-bond donors (Lipinski definition) is 2. The second-order valence-corrected chi connectivity index (χ2v) is 6.59. The van der Waals surface area contributed by atoms with Gasteiger partial charge in [-0.3, -0.25) is 4.57 Å². The molecule has 8 heteroatoms. The van der Waals surface area contributed by atoms with Crippen LogP contribution in [-0.4, -0.2) is 39.0 Å². The number of nitrogens with one attached hydrogen (secondary N) is 1. The normalized spacial score (nSPS) is 17.2. The van der Waals surface area contributed by atoms with Gasteiger partial charge in [-0.05, 0) is 24.7 Å². The number of nitrogen functional groups attached to an aromatic ring is 1. The molecule has 2 aromatic heterocycles. The van der Waals surface area contributed by atoms with Crippen LogP contribution in [0.4, 0.5) is 5.82 Å². The molecule has 1 atom stereocenters. The molecule has 0 unspecified atom stereocenters. The van der Waals surface area contributed by atoms with E-state index in [2.05, 4.69) is 29.2 Å². The molecule has 0 radical (unpaired) electrons. The van der Waals surface area contributed by atoms with Crippen LogP contribution in [0.1, 0.15) is 33.1 Å². The van der Waals surface area contributed by atoms with E-state index in [1.165, 1.54) is 11.0 Å². The van der Waals surface area contributed by atoms with Crippen LogP contribution in [-0.2, 0) is 11.3 Å². The molecule has 24 heavy (non-hydrogen) atoms. The maximum absolute atomic E-state index is 12.9. The summed E-state index contributed by atoms with van der Waals surface area (Å²) in [4.78, 5) is 21.3. The molecule has 3 N–H and O–H groups in total. The van der Waals surface area contributed by atoms with E-state index in [9.17, 15) is 4.79 Å². The van der Waals surface area contributed by atoms with Gasteiger partial charge in [-0.15, -0.1) is 0 Å². The van der Waals surface area contributed by atoms with Crippen molar-refractivity contribution in [3.63, 3.8) is 0 Å². The minimum atomic E-state index is -0.132. The first-order valence-electron chi connectivity index (χ1n) is 8.65. The molecule has 2 aromatic rings. The molecule has 0 aromatic carbocycles. The summed E-state index contributed by atoms with van der Waals surface area (Å²) in [5, 5.41) is 0. The topological polar surface area (TPSA) is 100.0 Å². The number of imidazole rings is 1. The monoisotopic (exact) mass is 334 g/mol. The van der Waals surface area contributed by atoms with Crippen molar-refractivity contribution in [3.8, 4) is 0 Å². The van der Waals surface area contributed by atoms with Gasteiger partial charge in [0.1, 0.15) is 6.33 Å². The van der Waals surface area contributed by atoms with Crippen LogP contribution in [0.2, 0.25) is 0 Å². The number of aromatic nitrogens is 4. The average molecular weight is 334 g/mol. The molecular weight excluding hydrogens is 308 g/mol. The Morgan fingerprint density at radius 1 is 1.42 bits per heavy atom. The lowest BCUT2D eigenvalue weighted by molar-refractivity contribution is 0.0612. The summed E-state index contributed by atoms with van der Waals surface area (Å²) in [6, 6.07) is 0. The average Bonchev–Trinajstić information content (AvgIpc) is 2.87. The fourth-order valence-electron chi connectivity index (χ4n) is 2.99. The Bertz CT molecular complexity index is 747. The van der Waals surface area contributed by atoms with E-state index in [0.717, 1.165) is 32.5 Å². The van der Waals surface area contributed by atoms with Crippen molar-refractivity contribution >= 4 is 17.0 Å². The molecule has 1 aliphatic heterocycles. The lowest BCUT2D eigenvalue weighted by Gasteiger charge is -2.21. The number of nitrogens with two attached hydrogens (primary N) is 1. The summed E-state index contributed by atoms with van der Waals surface area (Å²) in [6.07, 6.45) is 4.37. The van der Waals surface area contributed by atoms with E-state index in [-0.39, 0.29) is 5.69 Å². The van der Waals surface area contributed by atoms with E-state index >= 15 is 0 Å². The maximum atomic E-state index is 12.9. The van der Waals surface area contributed by atoms with Crippen molar-refractivity contribution in [1.82, 2.24) is 19.2 Å². The minimum Gasteiger partial charge on any atom is -0.382 e. The summed E-state index contributed by atoms with van der Waals surface area (Å²) in [5.74, 6) is 1.19. The van der Waals surface area contributed by atoms with Crippen LogP contribution in [0.3, 0.4) is 0 Å². The summed E-state index contributed by atoms with van der Waals surface area (Å²) in [5.41, 5.74) is 10.3. The van der Waals surface area contributed by atoms with E-state index < -0.39 is 0 Å². The highest BCUT2D eigenvalue weighted by molar-refractivity contribution is 5.82. The third kappa shape index (κ3) is 3.24. The number of hydrogen-bond acceptors (Lipinski definition) is 6. The zero-order chi connectivity index (χ0) is 17.1. The molecule has 0 amide bonds. The second-order valence-electron chi connectivity index (χ2n) is 6.59. The van der Waals surface area contributed by atoms with Crippen molar-refractivity contribution < 1.29 is 4.74 Å². The zero-order valence-corrected chi connectivity index (χ0v) is 14.4. The lowest BCUT2D eigenvalue weighted by atomic mass is 10.0. The second kappa shape index (κ2) is 7.21. The lowest BCUT2D eigenvalue weighted by Crippen LogP contribution is -2.34. The zero-order valence-electron chi connectivity index (χ0n) is 14.4. The fraction of sp³-hybridized carbons (Fsp3) is 0.688. The van der Waals surface area contributed by atoms with Gasteiger partial charge in [-0.25, -0.2) is 19.4 Å². The van der Waals surface area contributed by atoms with Crippen molar-refractivity contribution in [2.75, 3.05) is 30.9 Å². The van der Waals surface area contributed by atoms with E-state index in [0.29, 0.717) is 41.9 Å². The molecule has 8 nitrogen and oxygen atoms in total. The smallest absolute Gasteiger partial charge is 0.349 e. The summed E-state index contributed by atoms with van der Waals surface area (Å²) in [6.45, 7) is 7.09. The van der Waals surface area contributed by atoms with Crippen molar-refractivity contribution in [2.45, 2.75) is 39.7 Å². The standard InChI is InChI=1S/C16H26N6O2/c1-3-11(2)8-20-22-13-14(17)18-10-19-15(13)21(16(22)23)9-12-4-6-24-7-5-12/h10-12,20H,3-9H2,1-2H3,(H2,17,18,19)/t11-/m1/s1. The molecule has 3 rings (SSSR count). The molecule has 0 aliphatic carbocycles. The third-order valence-electron chi connectivity index (χ3n) is 4.81. The molecule has 132 valence electrons. The molecule has 1 saturated heterocycles. The Labute approximate surface area is 141 Å². The Kier molecular flexibility index (Phi) is 5.03. The molecule has 3 heterocycles. The summed E-state index contributed by atoms with van der Waals surface area (Å²) >= 11 is 0. The first-order chi connectivity index (χ1) is 11.6. The number of fused-ring (bicyclic) bond motifs is 1. The Hall–Kier alpha value is -2.09. The van der Waals surface area contributed by atoms with Crippen LogP contribution in [0.15, 0.2) is 11.1 Å². The van der Waals surface area contributed by atoms with Crippen LogP contribution in [0.25, 0.3) is 11.2 Å². The largest absolute Gasteiger partial charge is 0.382 e. The highest BCUT2D eigenvalue weighted by Gasteiger charge is 2.22. The number of nitrogens with zero attached hydrogens (tertiary/aromatic N) is 4.